The Morgan fingerprint density at radius 3 is 1.40 bits per heavy atom. The summed E-state index contributed by atoms with van der Waals surface area (Å²) in [6, 6.07) is 108. The molecular weight excluding hydrogens is 1270 g/mol. The lowest BCUT2D eigenvalue weighted by atomic mass is 9.82. The van der Waals surface area contributed by atoms with Crippen molar-refractivity contribution in [3.63, 3.8) is 0 Å². The van der Waals surface area contributed by atoms with Gasteiger partial charge in [0.25, 0.3) is 0 Å². The topological polar surface area (TPSA) is 45.2 Å². The molecule has 0 N–H and O–H groups in total. The molecule has 0 saturated heterocycles. The summed E-state index contributed by atoms with van der Waals surface area (Å²) in [5.74, 6) is 1.77. The van der Waals surface area contributed by atoms with Gasteiger partial charge in [0, 0.05) is 88.5 Å². The Hall–Kier alpha value is -10.9. The number of hydrogen-bond acceptors (Lipinski definition) is 9. The second-order valence-electron chi connectivity index (χ2n) is 26.6. The van der Waals surface area contributed by atoms with Gasteiger partial charge >= 0.3 is 0 Å². The molecule has 0 atom stereocenters. The first-order chi connectivity index (χ1) is 48.1. The van der Waals surface area contributed by atoms with Crippen LogP contribution in [0.4, 0.5) is 34.4 Å². The van der Waals surface area contributed by atoms with Gasteiger partial charge in [0.2, 0.25) is 5.95 Å². The molecule has 0 fully saturated rings. The van der Waals surface area contributed by atoms with Gasteiger partial charge in [-0.25, -0.2) is 4.98 Å². The van der Waals surface area contributed by atoms with E-state index in [2.05, 4.69) is 298 Å². The predicted molar refractivity (Wildman–Crippen MR) is 418 cm³/mol. The number of hydrogen-bond donors (Lipinski definition) is 0. The summed E-state index contributed by atoms with van der Waals surface area (Å²) in [6.07, 6.45) is 0. The second kappa shape index (κ2) is 22.9. The minimum atomic E-state index is -0.200. The minimum Gasteiger partial charge on any atom is -0.310 e. The predicted octanol–water partition coefficient (Wildman–Crippen LogP) is 26.3. The van der Waals surface area contributed by atoms with Gasteiger partial charge < -0.3 is 4.90 Å². The SMILES string of the molecule is CC1(C)c2cc(-c3ccc(N(c4cccc(-c5ccccc5)c4)c4ccc(-c5ccc6c7c(sc6c5)-c5sc(-c6ccc(N(c8nc(-c9ccccc9)nc(-c9ccccc9)n8)c8cccc9ccccc89)cc6)cc5C7(C)C)c5ccccc45)cc3)sc2-c2sc3ccccc3c21. The van der Waals surface area contributed by atoms with Crippen molar-refractivity contribution in [2.24, 2.45) is 0 Å². The van der Waals surface area contributed by atoms with Crippen LogP contribution in [0.25, 0.3) is 127 Å². The summed E-state index contributed by atoms with van der Waals surface area (Å²) in [7, 11) is 0. The molecule has 0 unspecified atom stereocenters. The van der Waals surface area contributed by atoms with Crippen LogP contribution in [0, 0.1) is 0 Å². The van der Waals surface area contributed by atoms with Crippen molar-refractivity contribution < 1.29 is 0 Å². The molecule has 12 aromatic carbocycles. The van der Waals surface area contributed by atoms with Crippen LogP contribution in [-0.2, 0) is 10.8 Å². The van der Waals surface area contributed by atoms with Crippen LogP contribution in [0.3, 0.4) is 0 Å². The third-order valence-electron chi connectivity index (χ3n) is 20.1. The van der Waals surface area contributed by atoms with Gasteiger partial charge in [0.15, 0.2) is 11.6 Å². The average Bonchev–Trinajstić information content (AvgIpc) is 1.54. The third-order valence-corrected chi connectivity index (χ3v) is 25.2. The molecule has 19 rings (SSSR count). The van der Waals surface area contributed by atoms with Crippen LogP contribution in [0.2, 0.25) is 0 Å². The number of anilines is 6. The molecule has 17 aromatic rings. The summed E-state index contributed by atoms with van der Waals surface area (Å²) in [4.78, 5) is 28.4. The zero-order chi connectivity index (χ0) is 65.4. The van der Waals surface area contributed by atoms with Crippen molar-refractivity contribution in [3.05, 3.63) is 320 Å². The highest BCUT2D eigenvalue weighted by Gasteiger charge is 2.42. The summed E-state index contributed by atoms with van der Waals surface area (Å²) in [5.41, 5.74) is 19.8. The van der Waals surface area contributed by atoms with Crippen molar-refractivity contribution in [1.82, 2.24) is 15.0 Å². The van der Waals surface area contributed by atoms with E-state index in [0.717, 1.165) is 50.3 Å². The highest BCUT2D eigenvalue weighted by molar-refractivity contribution is 7.28. The molecule has 0 bridgehead atoms. The molecule has 0 spiro atoms. The van der Waals surface area contributed by atoms with Gasteiger partial charge in [-0.3, -0.25) is 4.90 Å². The highest BCUT2D eigenvalue weighted by Crippen LogP contribution is 2.61. The van der Waals surface area contributed by atoms with E-state index in [1.165, 1.54) is 116 Å². The zero-order valence-corrected chi connectivity index (χ0v) is 57.4. The van der Waals surface area contributed by atoms with Crippen LogP contribution in [0.15, 0.2) is 297 Å². The Bertz CT molecular complexity index is 5940. The van der Waals surface area contributed by atoms with E-state index in [-0.39, 0.29) is 10.8 Å². The largest absolute Gasteiger partial charge is 0.310 e. The number of rotatable bonds is 12. The Balaban J connectivity index is 0.667. The van der Waals surface area contributed by atoms with Gasteiger partial charge in [-0.1, -0.05) is 252 Å². The van der Waals surface area contributed by atoms with Crippen molar-refractivity contribution in [2.45, 2.75) is 38.5 Å². The van der Waals surface area contributed by atoms with Gasteiger partial charge in [-0.2, -0.15) is 9.97 Å². The molecule has 5 nitrogen and oxygen atoms in total. The summed E-state index contributed by atoms with van der Waals surface area (Å²) >= 11 is 7.73. The lowest BCUT2D eigenvalue weighted by Gasteiger charge is -2.28. The molecule has 5 aromatic heterocycles. The van der Waals surface area contributed by atoms with E-state index in [1.54, 1.807) is 0 Å². The van der Waals surface area contributed by atoms with E-state index < -0.39 is 0 Å². The second-order valence-corrected chi connectivity index (χ2v) is 30.9. The van der Waals surface area contributed by atoms with Crippen molar-refractivity contribution in [1.29, 1.82) is 0 Å². The van der Waals surface area contributed by atoms with Gasteiger partial charge in [-0.05, 0) is 150 Å². The van der Waals surface area contributed by atoms with Crippen LogP contribution in [0.5, 0.6) is 0 Å². The van der Waals surface area contributed by atoms with Crippen LogP contribution >= 0.6 is 45.3 Å². The van der Waals surface area contributed by atoms with Crippen molar-refractivity contribution in [2.75, 3.05) is 9.80 Å². The van der Waals surface area contributed by atoms with Crippen LogP contribution in [0.1, 0.15) is 49.9 Å². The molecule has 2 aliphatic rings. The number of fused-ring (bicyclic) bond motifs is 12. The van der Waals surface area contributed by atoms with E-state index in [0.29, 0.717) is 17.6 Å². The standard InChI is InChI=1S/C89H61N5S4/c1-88(2)71-52-76(96-81(71)83-79(88)69-35-18-19-37-75(69)95-83)56-38-43-62(44-39-56)93(64-31-20-30-60(50-64)54-22-8-5-9-23-54)74-49-48-65(67-33-16-17-34-68(67)74)61-42-47-70-78(51-61)98-84-80(70)89(3,4)72-53-77(97-82(72)84)57-40-45-63(46-41-57)94(73-36-21-29-55-24-14-15-32-66(55)73)87-91-85(58-25-10-6-11-26-58)90-86(92-87)59-27-12-7-13-28-59/h5-53H,1-4H3. The molecule has 2 aliphatic carbocycles. The molecule has 0 aliphatic heterocycles. The lowest BCUT2D eigenvalue weighted by Crippen LogP contribution is -2.15. The Morgan fingerprint density at radius 2 is 0.765 bits per heavy atom. The average molecular weight is 1330 g/mol. The number of benzene rings is 12. The zero-order valence-electron chi connectivity index (χ0n) is 54.2. The van der Waals surface area contributed by atoms with Crippen LogP contribution < -0.4 is 9.80 Å². The molecule has 98 heavy (non-hydrogen) atoms. The summed E-state index contributed by atoms with van der Waals surface area (Å²) in [5, 5.41) is 7.37. The molecule has 0 saturated carbocycles. The number of nitrogens with zero attached hydrogens (tertiary/aromatic N) is 5. The highest BCUT2D eigenvalue weighted by atomic mass is 32.1. The molecule has 0 amide bonds. The summed E-state index contributed by atoms with van der Waals surface area (Å²) in [6.45, 7) is 9.64. The Labute approximate surface area is 585 Å². The monoisotopic (exact) mass is 1330 g/mol. The first-order valence-corrected chi connectivity index (χ1v) is 36.6. The van der Waals surface area contributed by atoms with E-state index in [4.69, 9.17) is 15.0 Å². The van der Waals surface area contributed by atoms with Gasteiger partial charge in [0.1, 0.15) is 0 Å². The maximum Gasteiger partial charge on any atom is 0.238 e. The van der Waals surface area contributed by atoms with Gasteiger partial charge in [-0.15, -0.1) is 45.3 Å². The Morgan fingerprint density at radius 1 is 0.286 bits per heavy atom. The maximum absolute atomic E-state index is 5.27. The lowest BCUT2D eigenvalue weighted by molar-refractivity contribution is 0.669. The number of thiophene rings is 4. The maximum atomic E-state index is 5.27. The Kier molecular flexibility index (Phi) is 13.6. The first kappa shape index (κ1) is 58.4. The fourth-order valence-electron chi connectivity index (χ4n) is 15.3. The first-order valence-electron chi connectivity index (χ1n) is 33.3. The normalized spacial score (nSPS) is 13.3. The fourth-order valence-corrected chi connectivity index (χ4v) is 21.0. The van der Waals surface area contributed by atoms with E-state index in [1.807, 2.05) is 81.7 Å². The molecule has 0 radical (unpaired) electrons. The fraction of sp³-hybridized carbons (Fsp3) is 0.0674. The van der Waals surface area contributed by atoms with E-state index >= 15 is 0 Å². The quantitative estimate of drug-likeness (QED) is 0.122. The molecule has 5 heterocycles. The van der Waals surface area contributed by atoms with Crippen LogP contribution in [-0.4, -0.2) is 15.0 Å². The van der Waals surface area contributed by atoms with E-state index in [9.17, 15) is 0 Å². The number of aromatic nitrogens is 3. The smallest absolute Gasteiger partial charge is 0.238 e. The van der Waals surface area contributed by atoms with Crippen molar-refractivity contribution in [3.8, 4) is 85.4 Å². The molecular formula is C89H61N5S4. The third kappa shape index (κ3) is 9.47. The van der Waals surface area contributed by atoms with Crippen molar-refractivity contribution >= 4 is 121 Å². The summed E-state index contributed by atoms with van der Waals surface area (Å²) < 4.78 is 2.67. The van der Waals surface area contributed by atoms with Gasteiger partial charge in [0.05, 0.1) is 11.4 Å². The molecule has 9 heteroatoms. The minimum absolute atomic E-state index is 0.0655. The molecule has 466 valence electrons.